The molecule has 0 radical (unpaired) electrons. The first-order valence-electron chi connectivity index (χ1n) is 7.76. The lowest BCUT2D eigenvalue weighted by molar-refractivity contribution is 0.324. The molecule has 0 atom stereocenters. The highest BCUT2D eigenvalue weighted by molar-refractivity contribution is 5.87. The molecule has 0 heterocycles. The lowest BCUT2D eigenvalue weighted by Gasteiger charge is -2.18. The number of nitrogens with zero attached hydrogens (tertiary/aromatic N) is 1. The predicted molar refractivity (Wildman–Crippen MR) is 98.3 cm³/mol. The van der Waals surface area contributed by atoms with E-state index in [2.05, 4.69) is 6.07 Å². The fraction of sp³-hybridized carbons (Fsp3) is 0.250. The van der Waals surface area contributed by atoms with E-state index in [0.29, 0.717) is 39.9 Å². The van der Waals surface area contributed by atoms with Crippen molar-refractivity contribution in [3.05, 3.63) is 47.5 Å². The van der Waals surface area contributed by atoms with Gasteiger partial charge >= 0.3 is 0 Å². The fourth-order valence-corrected chi connectivity index (χ4v) is 2.66. The van der Waals surface area contributed by atoms with Gasteiger partial charge < -0.3 is 23.7 Å². The maximum absolute atomic E-state index is 9.32. The number of allylic oxidation sites excluding steroid dienone is 1. The van der Waals surface area contributed by atoms with Crippen molar-refractivity contribution in [3.8, 4) is 34.8 Å². The second kappa shape index (κ2) is 8.67. The van der Waals surface area contributed by atoms with E-state index in [1.807, 2.05) is 18.2 Å². The van der Waals surface area contributed by atoms with E-state index in [1.165, 1.54) is 20.3 Å². The summed E-state index contributed by atoms with van der Waals surface area (Å²) in [6.07, 6.45) is 1.44. The Morgan fingerprint density at radius 3 is 1.88 bits per heavy atom. The standard InChI is InChI=1S/C20H21NO5/c1-22-14-10-13(11-15(12-14)23-2)16(8-9-21)17-6-7-18(24-3)20(26-5)19(17)25-4/h6-8,10-12H,1-5H3/b16-8-. The zero-order chi connectivity index (χ0) is 19.1. The summed E-state index contributed by atoms with van der Waals surface area (Å²) in [5.41, 5.74) is 2.07. The van der Waals surface area contributed by atoms with Gasteiger partial charge in [0, 0.05) is 23.3 Å². The molecule has 2 aromatic carbocycles. The van der Waals surface area contributed by atoms with Crippen LogP contribution < -0.4 is 23.7 Å². The van der Waals surface area contributed by atoms with Crippen molar-refractivity contribution in [1.29, 1.82) is 5.26 Å². The Kier molecular flexibility index (Phi) is 6.34. The molecule has 0 bridgehead atoms. The number of methoxy groups -OCH3 is 5. The Morgan fingerprint density at radius 1 is 0.808 bits per heavy atom. The molecule has 2 aromatic rings. The van der Waals surface area contributed by atoms with Gasteiger partial charge in [-0.05, 0) is 29.8 Å². The van der Waals surface area contributed by atoms with Crippen LogP contribution in [-0.2, 0) is 0 Å². The minimum absolute atomic E-state index is 0.450. The second-order valence-corrected chi connectivity index (χ2v) is 5.17. The molecule has 0 N–H and O–H groups in total. The summed E-state index contributed by atoms with van der Waals surface area (Å²) in [6, 6.07) is 11.1. The van der Waals surface area contributed by atoms with Gasteiger partial charge in [0.15, 0.2) is 11.5 Å². The summed E-state index contributed by atoms with van der Waals surface area (Å²) in [6.45, 7) is 0. The molecule has 6 heteroatoms. The maximum Gasteiger partial charge on any atom is 0.203 e. The Bertz CT molecular complexity index is 830. The molecule has 0 saturated heterocycles. The van der Waals surface area contributed by atoms with Crippen molar-refractivity contribution in [1.82, 2.24) is 0 Å². The molecule has 0 amide bonds. The summed E-state index contributed by atoms with van der Waals surface area (Å²) < 4.78 is 27.0. The van der Waals surface area contributed by atoms with E-state index in [0.717, 1.165) is 5.56 Å². The Labute approximate surface area is 153 Å². The third-order valence-electron chi connectivity index (χ3n) is 3.87. The smallest absolute Gasteiger partial charge is 0.203 e. The van der Waals surface area contributed by atoms with Crippen LogP contribution in [0.25, 0.3) is 5.57 Å². The van der Waals surface area contributed by atoms with E-state index >= 15 is 0 Å². The van der Waals surface area contributed by atoms with Gasteiger partial charge in [0.25, 0.3) is 0 Å². The number of nitriles is 1. The first kappa shape index (κ1) is 19.0. The molecule has 136 valence electrons. The highest BCUT2D eigenvalue weighted by Gasteiger charge is 2.20. The molecule has 0 saturated carbocycles. The number of hydrogen-bond acceptors (Lipinski definition) is 6. The van der Waals surface area contributed by atoms with E-state index < -0.39 is 0 Å². The number of benzene rings is 2. The van der Waals surface area contributed by atoms with Crippen LogP contribution in [0.4, 0.5) is 0 Å². The van der Waals surface area contributed by atoms with Gasteiger partial charge in [-0.25, -0.2) is 0 Å². The van der Waals surface area contributed by atoms with E-state index in [-0.39, 0.29) is 0 Å². The van der Waals surface area contributed by atoms with Gasteiger partial charge in [0.2, 0.25) is 5.75 Å². The van der Waals surface area contributed by atoms with Gasteiger partial charge in [-0.3, -0.25) is 0 Å². The second-order valence-electron chi connectivity index (χ2n) is 5.17. The maximum atomic E-state index is 9.32. The van der Waals surface area contributed by atoms with Gasteiger partial charge in [-0.1, -0.05) is 0 Å². The first-order chi connectivity index (χ1) is 12.6. The van der Waals surface area contributed by atoms with Crippen LogP contribution in [0, 0.1) is 11.3 Å². The molecular weight excluding hydrogens is 334 g/mol. The van der Waals surface area contributed by atoms with E-state index in [4.69, 9.17) is 23.7 Å². The Hall–Kier alpha value is -3.33. The zero-order valence-electron chi connectivity index (χ0n) is 15.5. The molecule has 0 fully saturated rings. The van der Waals surface area contributed by atoms with Gasteiger partial charge in [-0.15, -0.1) is 0 Å². The SMILES string of the molecule is COc1cc(OC)cc(/C(=C/C#N)c2ccc(OC)c(OC)c2OC)c1. The Balaban J connectivity index is 2.74. The molecule has 0 spiro atoms. The van der Waals surface area contributed by atoms with E-state index in [1.54, 1.807) is 33.5 Å². The van der Waals surface area contributed by atoms with Gasteiger partial charge in [-0.2, -0.15) is 5.26 Å². The van der Waals surface area contributed by atoms with Crippen molar-refractivity contribution < 1.29 is 23.7 Å². The largest absolute Gasteiger partial charge is 0.497 e. The molecular formula is C20H21NO5. The van der Waals surface area contributed by atoms with Crippen molar-refractivity contribution >= 4 is 5.57 Å². The van der Waals surface area contributed by atoms with Gasteiger partial charge in [0.1, 0.15) is 11.5 Å². The van der Waals surface area contributed by atoms with Crippen molar-refractivity contribution in [2.24, 2.45) is 0 Å². The lowest BCUT2D eigenvalue weighted by atomic mass is 9.95. The van der Waals surface area contributed by atoms with Crippen LogP contribution in [0.3, 0.4) is 0 Å². The molecule has 6 nitrogen and oxygen atoms in total. The summed E-state index contributed by atoms with van der Waals surface area (Å²) in [4.78, 5) is 0. The number of rotatable bonds is 7. The average Bonchev–Trinajstić information content (AvgIpc) is 2.70. The van der Waals surface area contributed by atoms with Crippen LogP contribution in [-0.4, -0.2) is 35.5 Å². The molecule has 26 heavy (non-hydrogen) atoms. The highest BCUT2D eigenvalue weighted by Crippen LogP contribution is 2.44. The van der Waals surface area contributed by atoms with Crippen LogP contribution in [0.2, 0.25) is 0 Å². The number of hydrogen-bond donors (Lipinski definition) is 0. The quantitative estimate of drug-likeness (QED) is 0.706. The summed E-state index contributed by atoms with van der Waals surface area (Å²) >= 11 is 0. The number of ether oxygens (including phenoxy) is 5. The minimum Gasteiger partial charge on any atom is -0.497 e. The highest BCUT2D eigenvalue weighted by atomic mass is 16.5. The average molecular weight is 355 g/mol. The fourth-order valence-electron chi connectivity index (χ4n) is 2.66. The van der Waals surface area contributed by atoms with Crippen molar-refractivity contribution in [3.63, 3.8) is 0 Å². The summed E-state index contributed by atoms with van der Waals surface area (Å²) in [5, 5.41) is 9.32. The topological polar surface area (TPSA) is 69.9 Å². The Morgan fingerprint density at radius 2 is 1.42 bits per heavy atom. The van der Waals surface area contributed by atoms with Crippen LogP contribution in [0.5, 0.6) is 28.7 Å². The van der Waals surface area contributed by atoms with Crippen LogP contribution in [0.1, 0.15) is 11.1 Å². The molecule has 0 unspecified atom stereocenters. The normalized spacial score (nSPS) is 10.7. The van der Waals surface area contributed by atoms with Crippen LogP contribution >= 0.6 is 0 Å². The first-order valence-corrected chi connectivity index (χ1v) is 7.76. The predicted octanol–water partition coefficient (Wildman–Crippen LogP) is 3.68. The van der Waals surface area contributed by atoms with Crippen molar-refractivity contribution in [2.45, 2.75) is 0 Å². The minimum atomic E-state index is 0.450. The molecule has 0 aliphatic carbocycles. The third-order valence-corrected chi connectivity index (χ3v) is 3.87. The zero-order valence-corrected chi connectivity index (χ0v) is 15.5. The molecule has 0 aliphatic rings. The summed E-state index contributed by atoms with van der Waals surface area (Å²) in [5.74, 6) is 2.68. The van der Waals surface area contributed by atoms with Gasteiger partial charge in [0.05, 0.1) is 41.6 Å². The third kappa shape index (κ3) is 3.67. The monoisotopic (exact) mass is 355 g/mol. The van der Waals surface area contributed by atoms with E-state index in [9.17, 15) is 5.26 Å². The molecule has 0 aliphatic heterocycles. The summed E-state index contributed by atoms with van der Waals surface area (Å²) in [7, 11) is 7.77. The van der Waals surface area contributed by atoms with Crippen molar-refractivity contribution in [2.75, 3.05) is 35.5 Å². The molecule has 2 rings (SSSR count). The molecule has 0 aromatic heterocycles. The van der Waals surface area contributed by atoms with Crippen LogP contribution in [0.15, 0.2) is 36.4 Å². The lowest BCUT2D eigenvalue weighted by Crippen LogP contribution is -2.00.